The van der Waals surface area contributed by atoms with Gasteiger partial charge in [-0.3, -0.25) is 4.98 Å². The summed E-state index contributed by atoms with van der Waals surface area (Å²) in [6.45, 7) is 3.61. The largest absolute Gasteiger partial charge is 0.377 e. The van der Waals surface area contributed by atoms with Crippen molar-refractivity contribution >= 4 is 40.6 Å². The van der Waals surface area contributed by atoms with Crippen LogP contribution in [0.15, 0.2) is 30.9 Å². The van der Waals surface area contributed by atoms with Crippen molar-refractivity contribution in [3.63, 3.8) is 0 Å². The van der Waals surface area contributed by atoms with Gasteiger partial charge in [0.2, 0.25) is 0 Å². The second-order valence-electron chi connectivity index (χ2n) is 5.79. The number of hydrogen-bond donors (Lipinski definition) is 2. The Morgan fingerprint density at radius 3 is 2.54 bits per heavy atom. The molecule has 11 heteroatoms. The van der Waals surface area contributed by atoms with Gasteiger partial charge < -0.3 is 15.4 Å². The van der Waals surface area contributed by atoms with E-state index in [1.54, 1.807) is 20.1 Å². The van der Waals surface area contributed by atoms with Gasteiger partial charge in [-0.1, -0.05) is 23.2 Å². The first-order valence-corrected chi connectivity index (χ1v) is 8.94. The van der Waals surface area contributed by atoms with Crippen LogP contribution in [0, 0.1) is 6.92 Å². The third-order valence-electron chi connectivity index (χ3n) is 3.93. The predicted octanol–water partition coefficient (Wildman–Crippen LogP) is 4.02. The van der Waals surface area contributed by atoms with E-state index in [2.05, 4.69) is 30.8 Å². The molecule has 0 radical (unpaired) electrons. The number of carbonyl (C=O) groups is 1. The van der Waals surface area contributed by atoms with Crippen LogP contribution in [0.4, 0.5) is 16.2 Å². The maximum absolute atomic E-state index is 12.4. The number of carbonyl (C=O) groups excluding carboxylic acids is 1. The lowest BCUT2D eigenvalue weighted by atomic mass is 10.1. The molecule has 0 aliphatic carbocycles. The number of methoxy groups -OCH3 is 1. The number of rotatable bonds is 5. The standard InChI is InChI=1S/C17H17Cl2N7O2/c1-9-15(19)14(10(2)28-3)13(8-20-9)25-17(27)24-11-6-12(18)16(21-7-11)26-22-4-5-23-26/h4-8,10H,1-3H3,(H2,24,25,27). The molecule has 0 bridgehead atoms. The van der Waals surface area contributed by atoms with Gasteiger partial charge >= 0.3 is 6.03 Å². The zero-order valence-corrected chi connectivity index (χ0v) is 16.8. The monoisotopic (exact) mass is 421 g/mol. The van der Waals surface area contributed by atoms with Crippen LogP contribution in [0.2, 0.25) is 10.0 Å². The van der Waals surface area contributed by atoms with Crippen LogP contribution in [-0.4, -0.2) is 38.1 Å². The Hall–Kier alpha value is -2.75. The number of anilines is 2. The molecule has 3 rings (SSSR count). The molecular formula is C17H17Cl2N7O2. The first-order chi connectivity index (χ1) is 13.4. The first-order valence-electron chi connectivity index (χ1n) is 8.18. The van der Waals surface area contributed by atoms with E-state index in [-0.39, 0.29) is 11.1 Å². The van der Waals surface area contributed by atoms with Crippen molar-refractivity contribution in [1.29, 1.82) is 0 Å². The highest BCUT2D eigenvalue weighted by Gasteiger charge is 2.19. The van der Waals surface area contributed by atoms with Gasteiger partial charge in [0.15, 0.2) is 5.82 Å². The normalized spacial score (nSPS) is 11.9. The number of amides is 2. The average molecular weight is 422 g/mol. The lowest BCUT2D eigenvalue weighted by Crippen LogP contribution is -2.21. The SMILES string of the molecule is COC(C)c1c(NC(=O)Nc2cnc(-n3nccn3)c(Cl)c2)cnc(C)c1Cl. The van der Waals surface area contributed by atoms with Crippen molar-refractivity contribution in [2.75, 3.05) is 17.7 Å². The highest BCUT2D eigenvalue weighted by Crippen LogP contribution is 2.33. The molecule has 2 N–H and O–H groups in total. The summed E-state index contributed by atoms with van der Waals surface area (Å²) in [4.78, 5) is 22.1. The molecule has 0 aromatic carbocycles. The Bertz CT molecular complexity index is 995. The average Bonchev–Trinajstić information content (AvgIpc) is 3.19. The van der Waals surface area contributed by atoms with E-state index in [0.717, 1.165) is 0 Å². The van der Waals surface area contributed by atoms with Gasteiger partial charge in [0, 0.05) is 12.7 Å². The minimum absolute atomic E-state index is 0.280. The van der Waals surface area contributed by atoms with Gasteiger partial charge in [0.05, 0.1) is 58.0 Å². The molecule has 28 heavy (non-hydrogen) atoms. The number of pyridine rings is 2. The summed E-state index contributed by atoms with van der Waals surface area (Å²) in [5.74, 6) is 0.350. The molecule has 2 amide bonds. The van der Waals surface area contributed by atoms with Gasteiger partial charge in [0.25, 0.3) is 0 Å². The summed E-state index contributed by atoms with van der Waals surface area (Å²) in [7, 11) is 1.56. The molecule has 3 heterocycles. The zero-order chi connectivity index (χ0) is 20.3. The summed E-state index contributed by atoms with van der Waals surface area (Å²) < 4.78 is 5.35. The van der Waals surface area contributed by atoms with Crippen LogP contribution in [0.3, 0.4) is 0 Å². The van der Waals surface area contributed by atoms with Crippen molar-refractivity contribution in [2.24, 2.45) is 0 Å². The van der Waals surface area contributed by atoms with Gasteiger partial charge in [-0.2, -0.15) is 10.2 Å². The molecular weight excluding hydrogens is 405 g/mol. The number of halogens is 2. The lowest BCUT2D eigenvalue weighted by molar-refractivity contribution is 0.120. The maximum Gasteiger partial charge on any atom is 0.323 e. The molecule has 146 valence electrons. The molecule has 0 saturated carbocycles. The Morgan fingerprint density at radius 1 is 1.18 bits per heavy atom. The number of aromatic nitrogens is 5. The van der Waals surface area contributed by atoms with Crippen LogP contribution in [-0.2, 0) is 4.74 Å². The zero-order valence-electron chi connectivity index (χ0n) is 15.3. The topological polar surface area (TPSA) is 107 Å². The van der Waals surface area contributed by atoms with Crippen molar-refractivity contribution in [3.05, 3.63) is 52.2 Å². The van der Waals surface area contributed by atoms with E-state index < -0.39 is 6.03 Å². The number of nitrogens with one attached hydrogen (secondary N) is 2. The highest BCUT2D eigenvalue weighted by atomic mass is 35.5. The molecule has 0 aliphatic heterocycles. The molecule has 3 aromatic rings. The maximum atomic E-state index is 12.4. The predicted molar refractivity (Wildman–Crippen MR) is 106 cm³/mol. The quantitative estimate of drug-likeness (QED) is 0.643. The number of hydrogen-bond acceptors (Lipinski definition) is 6. The molecule has 0 saturated heterocycles. The van der Waals surface area contributed by atoms with E-state index >= 15 is 0 Å². The molecule has 0 aliphatic rings. The third-order valence-corrected chi connectivity index (χ3v) is 4.68. The molecule has 0 spiro atoms. The molecule has 3 aromatic heterocycles. The van der Waals surface area contributed by atoms with E-state index in [0.29, 0.717) is 33.5 Å². The van der Waals surface area contributed by atoms with Gasteiger partial charge in [-0.25, -0.2) is 9.78 Å². The van der Waals surface area contributed by atoms with Crippen LogP contribution in [0.1, 0.15) is 24.3 Å². The number of urea groups is 1. The smallest absolute Gasteiger partial charge is 0.323 e. The van der Waals surface area contributed by atoms with Gasteiger partial charge in [-0.05, 0) is 19.9 Å². The van der Waals surface area contributed by atoms with Crippen LogP contribution < -0.4 is 10.6 Å². The highest BCUT2D eigenvalue weighted by molar-refractivity contribution is 6.33. The minimum Gasteiger partial charge on any atom is -0.377 e. The first kappa shape index (κ1) is 20.0. The Labute approximate surface area is 171 Å². The fraction of sp³-hybridized carbons (Fsp3) is 0.235. The Morgan fingerprint density at radius 2 is 1.89 bits per heavy atom. The van der Waals surface area contributed by atoms with E-state index in [4.69, 9.17) is 27.9 Å². The van der Waals surface area contributed by atoms with Crippen molar-refractivity contribution in [2.45, 2.75) is 20.0 Å². The van der Waals surface area contributed by atoms with Crippen molar-refractivity contribution in [3.8, 4) is 5.82 Å². The summed E-state index contributed by atoms with van der Waals surface area (Å²) in [5, 5.41) is 14.0. The van der Waals surface area contributed by atoms with Gasteiger partial charge in [-0.15, -0.1) is 4.80 Å². The molecule has 9 nitrogen and oxygen atoms in total. The van der Waals surface area contributed by atoms with Crippen LogP contribution in [0.25, 0.3) is 5.82 Å². The Balaban J connectivity index is 1.78. The fourth-order valence-corrected chi connectivity index (χ4v) is 3.02. The summed E-state index contributed by atoms with van der Waals surface area (Å²) in [6.07, 6.45) is 5.67. The summed E-state index contributed by atoms with van der Waals surface area (Å²) >= 11 is 12.6. The fourth-order valence-electron chi connectivity index (χ4n) is 2.47. The Kier molecular flexibility index (Phi) is 6.08. The minimum atomic E-state index is -0.505. The van der Waals surface area contributed by atoms with E-state index in [1.165, 1.54) is 29.6 Å². The summed E-state index contributed by atoms with van der Waals surface area (Å²) in [5.41, 5.74) is 2.12. The van der Waals surface area contributed by atoms with Crippen LogP contribution in [0.5, 0.6) is 0 Å². The number of aryl methyl sites for hydroxylation is 1. The van der Waals surface area contributed by atoms with Crippen molar-refractivity contribution in [1.82, 2.24) is 25.0 Å². The third kappa shape index (κ3) is 4.22. The number of nitrogens with zero attached hydrogens (tertiary/aromatic N) is 5. The van der Waals surface area contributed by atoms with Gasteiger partial charge in [0.1, 0.15) is 0 Å². The molecule has 1 atom stereocenters. The lowest BCUT2D eigenvalue weighted by Gasteiger charge is -2.18. The molecule has 0 fully saturated rings. The second-order valence-corrected chi connectivity index (χ2v) is 6.58. The van der Waals surface area contributed by atoms with Crippen LogP contribution >= 0.6 is 23.2 Å². The van der Waals surface area contributed by atoms with E-state index in [9.17, 15) is 4.79 Å². The van der Waals surface area contributed by atoms with Crippen molar-refractivity contribution < 1.29 is 9.53 Å². The molecule has 1 unspecified atom stereocenters. The van der Waals surface area contributed by atoms with E-state index in [1.807, 2.05) is 6.92 Å². The summed E-state index contributed by atoms with van der Waals surface area (Å²) in [6, 6.07) is 1.04. The second kappa shape index (κ2) is 8.51. The number of ether oxygens (including phenoxy) is 1.